The Kier molecular flexibility index (Phi) is 3.23. The van der Waals surface area contributed by atoms with E-state index in [-0.39, 0.29) is 5.28 Å². The summed E-state index contributed by atoms with van der Waals surface area (Å²) in [6, 6.07) is 5.71. The number of hydrogen-bond donors (Lipinski definition) is 0. The average Bonchev–Trinajstić information content (AvgIpc) is 2.65. The van der Waals surface area contributed by atoms with Crippen LogP contribution in [0.25, 0.3) is 10.6 Å². The minimum atomic E-state index is 0.280. The fourth-order valence-corrected chi connectivity index (χ4v) is 2.46. The molecule has 0 radical (unpaired) electrons. The quantitative estimate of drug-likeness (QED) is 0.850. The van der Waals surface area contributed by atoms with Crippen LogP contribution in [0.1, 0.15) is 0 Å². The Hall–Kier alpha value is -0.650. The molecule has 15 heavy (non-hydrogen) atoms. The zero-order chi connectivity index (χ0) is 10.8. The molecule has 2 aromatic rings. The second-order valence-corrected chi connectivity index (χ2v) is 4.66. The number of hydrogen-bond acceptors (Lipinski definition) is 4. The number of methoxy groups -OCH3 is 1. The first-order valence-electron chi connectivity index (χ1n) is 4.04. The highest BCUT2D eigenvalue weighted by Gasteiger charge is 2.07. The van der Waals surface area contributed by atoms with Gasteiger partial charge in [0.1, 0.15) is 10.8 Å². The molecular formula is C9H6BrClN2OS. The Morgan fingerprint density at radius 2 is 2.27 bits per heavy atom. The van der Waals surface area contributed by atoms with Gasteiger partial charge in [-0.25, -0.2) is 4.98 Å². The van der Waals surface area contributed by atoms with E-state index >= 15 is 0 Å². The highest BCUT2D eigenvalue weighted by atomic mass is 79.9. The normalized spacial score (nSPS) is 10.3. The van der Waals surface area contributed by atoms with Gasteiger partial charge in [-0.1, -0.05) is 0 Å². The number of halogens is 2. The first-order chi connectivity index (χ1) is 7.20. The maximum Gasteiger partial charge on any atom is 0.234 e. The summed E-state index contributed by atoms with van der Waals surface area (Å²) in [5.74, 6) is 0.786. The molecule has 0 saturated heterocycles. The lowest BCUT2D eigenvalue weighted by molar-refractivity contribution is 0.412. The van der Waals surface area contributed by atoms with Gasteiger partial charge in [0.05, 0.1) is 11.6 Å². The molecule has 0 atom stereocenters. The summed E-state index contributed by atoms with van der Waals surface area (Å²) in [6.45, 7) is 0. The fourth-order valence-electron chi connectivity index (χ4n) is 1.12. The first kappa shape index (κ1) is 10.9. The zero-order valence-electron chi connectivity index (χ0n) is 7.70. The fraction of sp³-hybridized carbons (Fsp3) is 0.111. The van der Waals surface area contributed by atoms with Crippen LogP contribution in [0.5, 0.6) is 5.75 Å². The molecule has 0 fully saturated rings. The van der Waals surface area contributed by atoms with Crippen molar-refractivity contribution >= 4 is 39.1 Å². The lowest BCUT2D eigenvalue weighted by Gasteiger charge is -2.03. The summed E-state index contributed by atoms with van der Waals surface area (Å²) in [7, 11) is 1.63. The van der Waals surface area contributed by atoms with E-state index in [1.165, 1.54) is 11.5 Å². The van der Waals surface area contributed by atoms with Crippen LogP contribution in [0.4, 0.5) is 0 Å². The van der Waals surface area contributed by atoms with Gasteiger partial charge < -0.3 is 4.74 Å². The predicted molar refractivity (Wildman–Crippen MR) is 64.6 cm³/mol. The minimum absolute atomic E-state index is 0.280. The van der Waals surface area contributed by atoms with Crippen molar-refractivity contribution in [1.82, 2.24) is 9.36 Å². The van der Waals surface area contributed by atoms with Crippen molar-refractivity contribution in [2.45, 2.75) is 0 Å². The summed E-state index contributed by atoms with van der Waals surface area (Å²) in [4.78, 5) is 4.09. The molecule has 0 aliphatic rings. The number of ether oxygens (including phenoxy) is 1. The molecule has 6 heteroatoms. The summed E-state index contributed by atoms with van der Waals surface area (Å²) in [5, 5.41) is 1.07. The molecule has 1 aromatic carbocycles. The van der Waals surface area contributed by atoms with Crippen molar-refractivity contribution in [3.05, 3.63) is 28.0 Å². The standard InChI is InChI=1S/C9H6BrClN2OS/c1-14-7-3-2-5(4-6(7)10)8-12-9(11)13-15-8/h2-4H,1H3. The molecule has 78 valence electrons. The van der Waals surface area contributed by atoms with Crippen LogP contribution in [0.2, 0.25) is 5.28 Å². The Bertz CT molecular complexity index is 489. The van der Waals surface area contributed by atoms with Crippen LogP contribution in [0.3, 0.4) is 0 Å². The lowest BCUT2D eigenvalue weighted by atomic mass is 10.2. The molecule has 0 aliphatic heterocycles. The molecule has 0 aliphatic carbocycles. The van der Waals surface area contributed by atoms with Gasteiger partial charge >= 0.3 is 0 Å². The van der Waals surface area contributed by atoms with Gasteiger partial charge in [0.25, 0.3) is 0 Å². The van der Waals surface area contributed by atoms with Gasteiger partial charge in [-0.2, -0.15) is 4.37 Å². The third kappa shape index (κ3) is 2.30. The highest BCUT2D eigenvalue weighted by Crippen LogP contribution is 2.31. The second-order valence-electron chi connectivity index (χ2n) is 2.72. The summed E-state index contributed by atoms with van der Waals surface area (Å²) < 4.78 is 9.93. The Morgan fingerprint density at radius 1 is 1.47 bits per heavy atom. The topological polar surface area (TPSA) is 35.0 Å². The van der Waals surface area contributed by atoms with Crippen molar-refractivity contribution in [2.75, 3.05) is 7.11 Å². The zero-order valence-corrected chi connectivity index (χ0v) is 10.9. The molecule has 3 nitrogen and oxygen atoms in total. The maximum atomic E-state index is 5.66. The largest absolute Gasteiger partial charge is 0.496 e. The van der Waals surface area contributed by atoms with E-state index in [9.17, 15) is 0 Å². The first-order valence-corrected chi connectivity index (χ1v) is 5.98. The van der Waals surface area contributed by atoms with Crippen LogP contribution in [-0.2, 0) is 0 Å². The summed E-state index contributed by atoms with van der Waals surface area (Å²) in [5.41, 5.74) is 0.965. The highest BCUT2D eigenvalue weighted by molar-refractivity contribution is 9.10. The summed E-state index contributed by atoms with van der Waals surface area (Å²) in [6.07, 6.45) is 0. The molecule has 0 unspecified atom stereocenters. The van der Waals surface area contributed by atoms with E-state index in [1.54, 1.807) is 7.11 Å². The van der Waals surface area contributed by atoms with E-state index < -0.39 is 0 Å². The van der Waals surface area contributed by atoms with Crippen LogP contribution in [-0.4, -0.2) is 16.5 Å². The van der Waals surface area contributed by atoms with Gasteiger partial charge in [-0.05, 0) is 57.3 Å². The molecule has 0 bridgehead atoms. The molecule has 2 rings (SSSR count). The lowest BCUT2D eigenvalue weighted by Crippen LogP contribution is -1.84. The van der Waals surface area contributed by atoms with Crippen LogP contribution in [0, 0.1) is 0 Å². The molecular weight excluding hydrogens is 300 g/mol. The molecule has 1 heterocycles. The van der Waals surface area contributed by atoms with Crippen LogP contribution < -0.4 is 4.74 Å². The molecule has 1 aromatic heterocycles. The minimum Gasteiger partial charge on any atom is -0.496 e. The van der Waals surface area contributed by atoms with E-state index in [0.717, 1.165) is 20.8 Å². The number of aromatic nitrogens is 2. The monoisotopic (exact) mass is 304 g/mol. The van der Waals surface area contributed by atoms with Crippen molar-refractivity contribution in [3.8, 4) is 16.3 Å². The summed E-state index contributed by atoms with van der Waals surface area (Å²) >= 11 is 10.3. The maximum absolute atomic E-state index is 5.66. The van der Waals surface area contributed by atoms with Gasteiger partial charge in [-0.15, -0.1) is 0 Å². The Labute approximate surface area is 104 Å². The van der Waals surface area contributed by atoms with E-state index in [1.807, 2.05) is 18.2 Å². The second kappa shape index (κ2) is 4.47. The average molecular weight is 306 g/mol. The smallest absolute Gasteiger partial charge is 0.234 e. The third-order valence-corrected chi connectivity index (χ3v) is 3.45. The van der Waals surface area contributed by atoms with E-state index in [2.05, 4.69) is 25.3 Å². The molecule has 0 amide bonds. The predicted octanol–water partition coefficient (Wildman–Crippen LogP) is 3.63. The number of benzene rings is 1. The molecule has 0 N–H and O–H groups in total. The van der Waals surface area contributed by atoms with Gasteiger partial charge in [0, 0.05) is 5.56 Å². The van der Waals surface area contributed by atoms with Gasteiger partial charge in [-0.3, -0.25) is 0 Å². The van der Waals surface area contributed by atoms with Gasteiger partial charge in [0.15, 0.2) is 0 Å². The van der Waals surface area contributed by atoms with Crippen molar-refractivity contribution in [2.24, 2.45) is 0 Å². The Balaban J connectivity index is 2.42. The number of nitrogens with zero attached hydrogens (tertiary/aromatic N) is 2. The van der Waals surface area contributed by atoms with Crippen LogP contribution >= 0.6 is 39.1 Å². The number of rotatable bonds is 2. The van der Waals surface area contributed by atoms with Crippen molar-refractivity contribution < 1.29 is 4.74 Å². The Morgan fingerprint density at radius 3 is 2.80 bits per heavy atom. The van der Waals surface area contributed by atoms with Gasteiger partial charge in [0.2, 0.25) is 5.28 Å². The van der Waals surface area contributed by atoms with E-state index in [4.69, 9.17) is 16.3 Å². The molecule has 0 spiro atoms. The SMILES string of the molecule is COc1ccc(-c2nc(Cl)ns2)cc1Br. The molecule has 0 saturated carbocycles. The van der Waals surface area contributed by atoms with E-state index in [0.29, 0.717) is 0 Å². The van der Waals surface area contributed by atoms with Crippen molar-refractivity contribution in [1.29, 1.82) is 0 Å². The van der Waals surface area contributed by atoms with Crippen LogP contribution in [0.15, 0.2) is 22.7 Å². The van der Waals surface area contributed by atoms with Crippen molar-refractivity contribution in [3.63, 3.8) is 0 Å². The third-order valence-electron chi connectivity index (χ3n) is 1.80.